The third-order valence-electron chi connectivity index (χ3n) is 6.71. The van der Waals surface area contributed by atoms with Crippen LogP contribution in [0.25, 0.3) is 0 Å². The number of aliphatic hydroxyl groups is 2. The van der Waals surface area contributed by atoms with E-state index in [1.165, 1.54) is 0 Å². The molecule has 1 aliphatic heterocycles. The Morgan fingerprint density at radius 3 is 2.06 bits per heavy atom. The normalized spacial score (nSPS) is 22.9. The van der Waals surface area contributed by atoms with Crippen molar-refractivity contribution in [2.75, 3.05) is 52.4 Å². The van der Waals surface area contributed by atoms with E-state index in [1.54, 1.807) is 6.21 Å². The molecule has 0 spiro atoms. The molecule has 4 rings (SSSR count). The van der Waals surface area contributed by atoms with Crippen LogP contribution in [0.5, 0.6) is 0 Å². The fourth-order valence-corrected chi connectivity index (χ4v) is 4.86. The van der Waals surface area contributed by atoms with Crippen LogP contribution in [-0.2, 0) is 4.79 Å². The highest BCUT2D eigenvalue weighted by Crippen LogP contribution is 2.44. The molecule has 1 heterocycles. The number of rotatable bonds is 8. The van der Waals surface area contributed by atoms with Crippen LogP contribution in [0.1, 0.15) is 29.4 Å². The number of carbonyl (C=O) groups is 1. The molecule has 2 aliphatic rings. The topological polar surface area (TPSA) is 76.4 Å². The molecular formula is C27H33N3O3. The highest BCUT2D eigenvalue weighted by atomic mass is 16.3. The summed E-state index contributed by atoms with van der Waals surface area (Å²) in [5.41, 5.74) is 2.40. The molecule has 33 heavy (non-hydrogen) atoms. The van der Waals surface area contributed by atoms with Crippen molar-refractivity contribution in [3.05, 3.63) is 83.1 Å². The van der Waals surface area contributed by atoms with Crippen molar-refractivity contribution in [3.63, 3.8) is 0 Å². The van der Waals surface area contributed by atoms with Crippen LogP contribution >= 0.6 is 0 Å². The lowest BCUT2D eigenvalue weighted by molar-refractivity contribution is -0.116. The van der Waals surface area contributed by atoms with Crippen LogP contribution in [0.3, 0.4) is 0 Å². The number of piperazine rings is 1. The van der Waals surface area contributed by atoms with Crippen molar-refractivity contribution in [2.45, 2.75) is 18.3 Å². The molecule has 174 valence electrons. The average molecular weight is 448 g/mol. The lowest BCUT2D eigenvalue weighted by Gasteiger charge is -2.34. The first-order chi connectivity index (χ1) is 16.2. The van der Waals surface area contributed by atoms with Crippen molar-refractivity contribution in [2.24, 2.45) is 4.99 Å². The number of nitrogens with zero attached hydrogens (tertiary/aromatic N) is 3. The second-order valence-electron chi connectivity index (χ2n) is 8.77. The van der Waals surface area contributed by atoms with Crippen molar-refractivity contribution in [1.29, 1.82) is 0 Å². The Morgan fingerprint density at radius 2 is 1.45 bits per heavy atom. The first-order valence-electron chi connectivity index (χ1n) is 11.8. The maximum Gasteiger partial charge on any atom is 0.168 e. The zero-order valence-electron chi connectivity index (χ0n) is 19.0. The number of ketones is 1. The molecule has 2 aromatic carbocycles. The number of β-amino-alcohol motifs (C(OH)–C–C–N with tert-alkyl or cyclic N) is 1. The second-order valence-corrected chi connectivity index (χ2v) is 8.77. The summed E-state index contributed by atoms with van der Waals surface area (Å²) < 4.78 is 0. The Balaban J connectivity index is 1.47. The lowest BCUT2D eigenvalue weighted by atomic mass is 9.72. The van der Waals surface area contributed by atoms with E-state index >= 15 is 0 Å². The number of Topliss-reactive ketones (excluding diaryl/α,β-unsaturated/α-hetero) is 1. The van der Waals surface area contributed by atoms with Gasteiger partial charge in [0, 0.05) is 63.7 Å². The molecule has 1 fully saturated rings. The predicted octanol–water partition coefficient (Wildman–Crippen LogP) is 3.02. The third-order valence-corrected chi connectivity index (χ3v) is 6.71. The fourth-order valence-electron chi connectivity index (χ4n) is 4.86. The highest BCUT2D eigenvalue weighted by Gasteiger charge is 2.37. The third kappa shape index (κ3) is 5.77. The molecule has 0 radical (unpaired) electrons. The van der Waals surface area contributed by atoms with Gasteiger partial charge in [0.1, 0.15) is 5.76 Å². The molecule has 0 saturated carbocycles. The predicted molar refractivity (Wildman–Crippen MR) is 131 cm³/mol. The minimum atomic E-state index is -0.271. The standard InChI is InChI=1S/C27H33N3O3/c31-18-17-30-15-13-29(14-16-30)12-11-28-20-24-25(32)19-23(21-7-3-1-4-8-21)26(27(24)33)22-9-5-2-6-10-22/h1-10,20,23,26,31,33H,11-19H2. The number of aliphatic hydroxyl groups excluding tert-OH is 2. The Bertz CT molecular complexity index is 967. The summed E-state index contributed by atoms with van der Waals surface area (Å²) in [6.45, 7) is 6.15. The van der Waals surface area contributed by atoms with Gasteiger partial charge in [0.2, 0.25) is 0 Å². The highest BCUT2D eigenvalue weighted by molar-refractivity contribution is 6.14. The summed E-state index contributed by atoms with van der Waals surface area (Å²) in [6, 6.07) is 19.9. The summed E-state index contributed by atoms with van der Waals surface area (Å²) in [7, 11) is 0. The van der Waals surface area contributed by atoms with Crippen molar-refractivity contribution in [3.8, 4) is 0 Å². The molecule has 2 aromatic rings. The van der Waals surface area contributed by atoms with Gasteiger partial charge in [-0.3, -0.25) is 19.6 Å². The van der Waals surface area contributed by atoms with E-state index in [2.05, 4.69) is 14.8 Å². The number of benzene rings is 2. The van der Waals surface area contributed by atoms with Crippen LogP contribution < -0.4 is 0 Å². The van der Waals surface area contributed by atoms with Crippen LogP contribution in [0, 0.1) is 0 Å². The van der Waals surface area contributed by atoms with Crippen LogP contribution in [-0.4, -0.2) is 84.4 Å². The van der Waals surface area contributed by atoms with Crippen molar-refractivity contribution < 1.29 is 15.0 Å². The summed E-state index contributed by atoms with van der Waals surface area (Å²) >= 11 is 0. The maximum absolute atomic E-state index is 13.0. The monoisotopic (exact) mass is 447 g/mol. The minimum Gasteiger partial charge on any atom is -0.511 e. The molecule has 1 saturated heterocycles. The number of aliphatic imine (C=N–C) groups is 1. The van der Waals surface area contributed by atoms with Gasteiger partial charge in [0.25, 0.3) is 0 Å². The Labute approximate surface area is 195 Å². The molecule has 6 heteroatoms. The van der Waals surface area contributed by atoms with E-state index in [0.717, 1.165) is 50.4 Å². The summed E-state index contributed by atoms with van der Waals surface area (Å²) in [5, 5.41) is 20.3. The first kappa shape index (κ1) is 23.4. The average Bonchev–Trinajstić information content (AvgIpc) is 2.85. The van der Waals surface area contributed by atoms with Crippen LogP contribution in [0.15, 0.2) is 77.0 Å². The van der Waals surface area contributed by atoms with Gasteiger partial charge in [-0.1, -0.05) is 60.7 Å². The molecule has 6 nitrogen and oxygen atoms in total. The summed E-state index contributed by atoms with van der Waals surface area (Å²) in [6.07, 6.45) is 1.93. The van der Waals surface area contributed by atoms with E-state index in [0.29, 0.717) is 18.5 Å². The Kier molecular flexibility index (Phi) is 8.05. The van der Waals surface area contributed by atoms with Crippen molar-refractivity contribution >= 4 is 12.0 Å². The Morgan fingerprint density at radius 1 is 0.879 bits per heavy atom. The van der Waals surface area contributed by atoms with Crippen LogP contribution in [0.4, 0.5) is 0 Å². The Hall–Kier alpha value is -2.80. The lowest BCUT2D eigenvalue weighted by Crippen LogP contribution is -2.47. The van der Waals surface area contributed by atoms with Gasteiger partial charge in [0.15, 0.2) is 5.78 Å². The molecule has 2 unspecified atom stereocenters. The van der Waals surface area contributed by atoms with Gasteiger partial charge in [-0.25, -0.2) is 0 Å². The maximum atomic E-state index is 13.0. The molecule has 0 aromatic heterocycles. The van der Waals surface area contributed by atoms with Crippen LogP contribution in [0.2, 0.25) is 0 Å². The zero-order valence-corrected chi connectivity index (χ0v) is 19.0. The molecule has 2 N–H and O–H groups in total. The van der Waals surface area contributed by atoms with Gasteiger partial charge < -0.3 is 10.2 Å². The number of allylic oxidation sites excluding steroid dienone is 2. The van der Waals surface area contributed by atoms with E-state index in [1.807, 2.05) is 60.7 Å². The smallest absolute Gasteiger partial charge is 0.168 e. The van der Waals surface area contributed by atoms with Crippen molar-refractivity contribution in [1.82, 2.24) is 9.80 Å². The summed E-state index contributed by atoms with van der Waals surface area (Å²) in [5.74, 6) is -0.316. The quantitative estimate of drug-likeness (QED) is 0.609. The fraction of sp³-hybridized carbons (Fsp3) is 0.407. The largest absolute Gasteiger partial charge is 0.511 e. The second kappa shape index (κ2) is 11.4. The van der Waals surface area contributed by atoms with E-state index in [4.69, 9.17) is 5.11 Å². The molecule has 0 amide bonds. The minimum absolute atomic E-state index is 0.0603. The summed E-state index contributed by atoms with van der Waals surface area (Å²) in [4.78, 5) is 22.1. The molecular weight excluding hydrogens is 414 g/mol. The number of carbonyl (C=O) groups excluding carboxylic acids is 1. The number of hydrogen-bond acceptors (Lipinski definition) is 6. The zero-order chi connectivity index (χ0) is 23.0. The molecule has 2 atom stereocenters. The van der Waals surface area contributed by atoms with E-state index in [-0.39, 0.29) is 30.0 Å². The molecule has 0 bridgehead atoms. The van der Waals surface area contributed by atoms with Gasteiger partial charge in [-0.15, -0.1) is 0 Å². The van der Waals surface area contributed by atoms with E-state index in [9.17, 15) is 9.90 Å². The molecule has 1 aliphatic carbocycles. The van der Waals surface area contributed by atoms with Gasteiger partial charge in [-0.05, 0) is 11.1 Å². The number of hydrogen-bond donors (Lipinski definition) is 2. The van der Waals surface area contributed by atoms with Gasteiger partial charge in [-0.2, -0.15) is 0 Å². The SMILES string of the molecule is O=C1CC(c2ccccc2)C(c2ccccc2)C(O)=C1C=NCCN1CCN(CCO)CC1. The van der Waals surface area contributed by atoms with Gasteiger partial charge >= 0.3 is 0 Å². The van der Waals surface area contributed by atoms with E-state index < -0.39 is 0 Å². The van der Waals surface area contributed by atoms with Gasteiger partial charge in [0.05, 0.1) is 18.7 Å². The first-order valence-corrected chi connectivity index (χ1v) is 11.8.